The molecule has 1 saturated heterocycles. The molecule has 0 atom stereocenters. The maximum absolute atomic E-state index is 4.48. The van der Waals surface area contributed by atoms with Gasteiger partial charge in [0.05, 0.1) is 5.69 Å². The van der Waals surface area contributed by atoms with Gasteiger partial charge in [-0.1, -0.05) is 6.58 Å². The lowest BCUT2D eigenvalue weighted by molar-refractivity contribution is 0.147. The number of likely N-dealkylation sites (N-methyl/N-ethyl adjacent to an activating group) is 1. The van der Waals surface area contributed by atoms with Crippen molar-refractivity contribution in [2.45, 2.75) is 13.5 Å². The topological polar surface area (TPSA) is 32.3 Å². The molecule has 2 rings (SSSR count). The van der Waals surface area contributed by atoms with Gasteiger partial charge in [0.2, 0.25) is 0 Å². The van der Waals surface area contributed by atoms with Gasteiger partial charge < -0.3 is 4.90 Å². The molecule has 1 aromatic rings. The Hall–Kier alpha value is -1.26. The largest absolute Gasteiger partial charge is 0.304 e. The Morgan fingerprint density at radius 2 is 2.00 bits per heavy atom. The second kappa shape index (κ2) is 5.38. The van der Waals surface area contributed by atoms with Crippen molar-refractivity contribution >= 4 is 6.08 Å². The minimum Gasteiger partial charge on any atom is -0.304 e. The molecule has 0 saturated carbocycles. The lowest BCUT2D eigenvalue weighted by Gasteiger charge is -2.32. The van der Waals surface area contributed by atoms with Crippen LogP contribution in [-0.4, -0.2) is 53.0 Å². The van der Waals surface area contributed by atoms with E-state index in [1.807, 2.05) is 6.92 Å². The van der Waals surface area contributed by atoms with E-state index in [4.69, 9.17) is 0 Å². The Kier molecular flexibility index (Phi) is 3.86. The molecule has 0 unspecified atom stereocenters. The number of aromatic nitrogens is 2. The van der Waals surface area contributed by atoms with Crippen LogP contribution in [0.3, 0.4) is 0 Å². The highest BCUT2D eigenvalue weighted by Gasteiger charge is 2.14. The molecule has 1 aliphatic heterocycles. The van der Waals surface area contributed by atoms with Gasteiger partial charge in [0.15, 0.2) is 5.82 Å². The summed E-state index contributed by atoms with van der Waals surface area (Å²) in [7, 11) is 2.17. The van der Waals surface area contributed by atoms with Gasteiger partial charge in [-0.3, -0.25) is 4.90 Å². The van der Waals surface area contributed by atoms with Crippen LogP contribution in [-0.2, 0) is 6.54 Å². The van der Waals surface area contributed by atoms with Crippen LogP contribution in [0, 0.1) is 6.92 Å². The molecule has 0 spiro atoms. The van der Waals surface area contributed by atoms with E-state index in [9.17, 15) is 0 Å². The third-order valence-electron chi connectivity index (χ3n) is 3.09. The van der Waals surface area contributed by atoms with Crippen molar-refractivity contribution in [2.24, 2.45) is 0 Å². The molecular weight excluding hydrogens is 212 g/mol. The first-order valence-corrected chi connectivity index (χ1v) is 6.05. The van der Waals surface area contributed by atoms with E-state index in [0.29, 0.717) is 0 Å². The van der Waals surface area contributed by atoms with Crippen LogP contribution in [0.2, 0.25) is 0 Å². The zero-order chi connectivity index (χ0) is 12.3. The van der Waals surface area contributed by atoms with E-state index in [0.717, 1.165) is 49.9 Å². The Morgan fingerprint density at radius 1 is 1.29 bits per heavy atom. The molecule has 1 aliphatic rings. The Morgan fingerprint density at radius 3 is 2.65 bits per heavy atom. The molecule has 92 valence electrons. The van der Waals surface area contributed by atoms with Crippen LogP contribution in [0.15, 0.2) is 12.6 Å². The predicted molar refractivity (Wildman–Crippen MR) is 69.6 cm³/mol. The molecule has 0 aromatic carbocycles. The van der Waals surface area contributed by atoms with Gasteiger partial charge in [0.1, 0.15) is 0 Å². The van der Waals surface area contributed by atoms with Crippen molar-refractivity contribution in [1.82, 2.24) is 19.8 Å². The van der Waals surface area contributed by atoms with Crippen molar-refractivity contribution in [3.05, 3.63) is 29.9 Å². The van der Waals surface area contributed by atoms with E-state index < -0.39 is 0 Å². The summed E-state index contributed by atoms with van der Waals surface area (Å²) in [4.78, 5) is 13.6. The molecule has 1 aromatic heterocycles. The minimum atomic E-state index is 0.731. The second-order valence-corrected chi connectivity index (χ2v) is 4.64. The lowest BCUT2D eigenvalue weighted by atomic mass is 10.2. The third-order valence-corrected chi connectivity index (χ3v) is 3.09. The highest BCUT2D eigenvalue weighted by Crippen LogP contribution is 2.08. The second-order valence-electron chi connectivity index (χ2n) is 4.64. The summed E-state index contributed by atoms with van der Waals surface area (Å²) < 4.78 is 0. The van der Waals surface area contributed by atoms with Crippen LogP contribution in [0.5, 0.6) is 0 Å². The van der Waals surface area contributed by atoms with Crippen molar-refractivity contribution in [3.8, 4) is 0 Å². The average molecular weight is 232 g/mol. The first-order valence-electron chi connectivity index (χ1n) is 6.05. The van der Waals surface area contributed by atoms with Gasteiger partial charge in [0.25, 0.3) is 0 Å². The van der Waals surface area contributed by atoms with E-state index in [2.05, 4.69) is 39.5 Å². The van der Waals surface area contributed by atoms with Crippen LogP contribution >= 0.6 is 0 Å². The van der Waals surface area contributed by atoms with E-state index in [1.165, 1.54) is 0 Å². The summed E-state index contributed by atoms with van der Waals surface area (Å²) in [5.74, 6) is 0.731. The maximum Gasteiger partial charge on any atom is 0.151 e. The number of piperazine rings is 1. The molecule has 0 N–H and O–H groups in total. The van der Waals surface area contributed by atoms with Gasteiger partial charge in [0, 0.05) is 38.4 Å². The number of rotatable bonds is 3. The van der Waals surface area contributed by atoms with E-state index in [-0.39, 0.29) is 0 Å². The number of nitrogens with zero attached hydrogens (tertiary/aromatic N) is 4. The summed E-state index contributed by atoms with van der Waals surface area (Å²) in [6.07, 6.45) is 1.71. The fraction of sp³-hybridized carbons (Fsp3) is 0.538. The predicted octanol–water partition coefficient (Wildman–Crippen LogP) is 1.18. The summed E-state index contributed by atoms with van der Waals surface area (Å²) in [6, 6.07) is 2.06. The zero-order valence-electron chi connectivity index (χ0n) is 10.7. The Labute approximate surface area is 103 Å². The summed E-state index contributed by atoms with van der Waals surface area (Å²) in [6.45, 7) is 11.1. The fourth-order valence-electron chi connectivity index (χ4n) is 2.07. The standard InChI is InChI=1S/C13H20N4/c1-4-13-14-11(2)9-12(15-13)10-17-7-5-16(3)6-8-17/h4,9H,1,5-8,10H2,2-3H3. The van der Waals surface area contributed by atoms with Crippen LogP contribution in [0.25, 0.3) is 6.08 Å². The van der Waals surface area contributed by atoms with Gasteiger partial charge in [-0.2, -0.15) is 0 Å². The first kappa shape index (κ1) is 12.2. The number of aryl methyl sites for hydroxylation is 1. The molecule has 0 aliphatic carbocycles. The van der Waals surface area contributed by atoms with Crippen molar-refractivity contribution in [1.29, 1.82) is 0 Å². The number of hydrogen-bond acceptors (Lipinski definition) is 4. The van der Waals surface area contributed by atoms with E-state index >= 15 is 0 Å². The SMILES string of the molecule is C=Cc1nc(C)cc(CN2CCN(C)CC2)n1. The molecule has 0 radical (unpaired) electrons. The lowest BCUT2D eigenvalue weighted by Crippen LogP contribution is -2.44. The summed E-state index contributed by atoms with van der Waals surface area (Å²) >= 11 is 0. The molecule has 17 heavy (non-hydrogen) atoms. The first-order chi connectivity index (χ1) is 8.17. The third kappa shape index (κ3) is 3.35. The normalized spacial score (nSPS) is 18.2. The molecule has 4 nitrogen and oxygen atoms in total. The highest BCUT2D eigenvalue weighted by molar-refractivity contribution is 5.36. The monoisotopic (exact) mass is 232 g/mol. The van der Waals surface area contributed by atoms with Crippen molar-refractivity contribution < 1.29 is 0 Å². The van der Waals surface area contributed by atoms with Gasteiger partial charge in [-0.25, -0.2) is 9.97 Å². The molecule has 1 fully saturated rings. The van der Waals surface area contributed by atoms with Gasteiger partial charge in [-0.15, -0.1) is 0 Å². The van der Waals surface area contributed by atoms with Crippen LogP contribution in [0.1, 0.15) is 17.2 Å². The maximum atomic E-state index is 4.48. The number of hydrogen-bond donors (Lipinski definition) is 0. The van der Waals surface area contributed by atoms with Gasteiger partial charge >= 0.3 is 0 Å². The van der Waals surface area contributed by atoms with Crippen molar-refractivity contribution in [2.75, 3.05) is 33.2 Å². The molecule has 0 bridgehead atoms. The Balaban J connectivity index is 2.03. The quantitative estimate of drug-likeness (QED) is 0.783. The minimum absolute atomic E-state index is 0.731. The fourth-order valence-corrected chi connectivity index (χ4v) is 2.07. The average Bonchev–Trinajstić information content (AvgIpc) is 2.31. The zero-order valence-corrected chi connectivity index (χ0v) is 10.7. The van der Waals surface area contributed by atoms with Crippen molar-refractivity contribution in [3.63, 3.8) is 0 Å². The van der Waals surface area contributed by atoms with Crippen LogP contribution in [0.4, 0.5) is 0 Å². The molecule has 4 heteroatoms. The smallest absolute Gasteiger partial charge is 0.151 e. The van der Waals surface area contributed by atoms with Crippen LogP contribution < -0.4 is 0 Å². The van der Waals surface area contributed by atoms with Gasteiger partial charge in [-0.05, 0) is 26.1 Å². The molecule has 0 amide bonds. The molecule has 2 heterocycles. The summed E-state index contributed by atoms with van der Waals surface area (Å²) in [5.41, 5.74) is 2.11. The Bertz CT molecular complexity index is 394. The highest BCUT2D eigenvalue weighted by atomic mass is 15.2. The summed E-state index contributed by atoms with van der Waals surface area (Å²) in [5, 5.41) is 0. The van der Waals surface area contributed by atoms with E-state index in [1.54, 1.807) is 6.08 Å². The molecular formula is C13H20N4.